The number of para-hydroxylation sites is 2. The monoisotopic (exact) mass is 595 g/mol. The van der Waals surface area contributed by atoms with Crippen molar-refractivity contribution in [1.29, 1.82) is 0 Å². The fourth-order valence-corrected chi connectivity index (χ4v) is 5.96. The lowest BCUT2D eigenvalue weighted by molar-refractivity contribution is -0.140. The maximum atomic E-state index is 14.2. The second-order valence-corrected chi connectivity index (χ2v) is 11.8. The summed E-state index contributed by atoms with van der Waals surface area (Å²) < 4.78 is 39.9. The molecule has 0 unspecified atom stereocenters. The minimum atomic E-state index is -4.24. The molecule has 0 heterocycles. The van der Waals surface area contributed by atoms with Crippen LogP contribution in [0.1, 0.15) is 44.2 Å². The summed E-state index contributed by atoms with van der Waals surface area (Å²) in [6, 6.07) is 19.5. The minimum Gasteiger partial charge on any atom is -0.497 e. The lowest BCUT2D eigenvalue weighted by Gasteiger charge is -2.33. The van der Waals surface area contributed by atoms with Gasteiger partial charge in [-0.25, -0.2) is 8.42 Å². The number of rotatable bonds is 15. The lowest BCUT2D eigenvalue weighted by Crippen LogP contribution is -2.52. The van der Waals surface area contributed by atoms with Crippen molar-refractivity contribution in [2.24, 2.45) is 0 Å². The molecular weight excluding hydrogens is 554 g/mol. The van der Waals surface area contributed by atoms with Gasteiger partial charge in [-0.05, 0) is 61.7 Å². The average molecular weight is 596 g/mol. The molecular formula is C32H41N3O6S. The van der Waals surface area contributed by atoms with Gasteiger partial charge < -0.3 is 19.7 Å². The number of amides is 2. The first kappa shape index (κ1) is 32.5. The van der Waals surface area contributed by atoms with Crippen LogP contribution >= 0.6 is 0 Å². The van der Waals surface area contributed by atoms with Gasteiger partial charge in [0.05, 0.1) is 24.8 Å². The smallest absolute Gasteiger partial charge is 0.264 e. The Morgan fingerprint density at radius 1 is 0.905 bits per heavy atom. The average Bonchev–Trinajstić information content (AvgIpc) is 3.00. The summed E-state index contributed by atoms with van der Waals surface area (Å²) in [6.45, 7) is 5.94. The lowest BCUT2D eigenvalue weighted by atomic mass is 10.1. The number of aryl methyl sites for hydroxylation is 1. The molecule has 226 valence electrons. The summed E-state index contributed by atoms with van der Waals surface area (Å²) in [7, 11) is -1.30. The van der Waals surface area contributed by atoms with Crippen molar-refractivity contribution in [2.45, 2.75) is 57.5 Å². The van der Waals surface area contributed by atoms with Crippen LogP contribution in [0.4, 0.5) is 5.69 Å². The first-order valence-corrected chi connectivity index (χ1v) is 15.5. The molecule has 10 heteroatoms. The molecule has 0 saturated heterocycles. The fourth-order valence-electron chi connectivity index (χ4n) is 4.54. The van der Waals surface area contributed by atoms with Crippen molar-refractivity contribution in [3.8, 4) is 11.5 Å². The first-order valence-electron chi connectivity index (χ1n) is 14.1. The number of ether oxygens (including phenoxy) is 2. The van der Waals surface area contributed by atoms with Crippen LogP contribution in [0.3, 0.4) is 0 Å². The molecule has 3 aromatic carbocycles. The number of nitrogens with one attached hydrogen (secondary N) is 1. The highest BCUT2D eigenvalue weighted by atomic mass is 32.2. The zero-order valence-corrected chi connectivity index (χ0v) is 25.8. The molecule has 0 aliphatic heterocycles. The van der Waals surface area contributed by atoms with E-state index >= 15 is 0 Å². The molecule has 0 aliphatic rings. The zero-order chi connectivity index (χ0) is 30.7. The highest BCUT2D eigenvalue weighted by Gasteiger charge is 2.34. The summed E-state index contributed by atoms with van der Waals surface area (Å²) in [4.78, 5) is 28.9. The van der Waals surface area contributed by atoms with Crippen LogP contribution in [0.15, 0.2) is 77.7 Å². The van der Waals surface area contributed by atoms with Crippen LogP contribution in [-0.4, -0.2) is 58.5 Å². The Hall–Kier alpha value is -4.05. The summed E-state index contributed by atoms with van der Waals surface area (Å²) >= 11 is 0. The van der Waals surface area contributed by atoms with E-state index in [0.717, 1.165) is 28.3 Å². The van der Waals surface area contributed by atoms with Gasteiger partial charge in [0.15, 0.2) is 0 Å². The van der Waals surface area contributed by atoms with Crippen molar-refractivity contribution >= 4 is 27.5 Å². The third-order valence-corrected chi connectivity index (χ3v) is 8.74. The number of carbonyl (C=O) groups excluding carboxylic acids is 2. The number of carbonyl (C=O) groups is 2. The maximum Gasteiger partial charge on any atom is 0.264 e. The Bertz CT molecular complexity index is 1430. The number of benzene rings is 3. The Balaban J connectivity index is 2.07. The van der Waals surface area contributed by atoms with Gasteiger partial charge >= 0.3 is 0 Å². The van der Waals surface area contributed by atoms with Gasteiger partial charge in [0, 0.05) is 13.1 Å². The summed E-state index contributed by atoms with van der Waals surface area (Å²) in [6.07, 6.45) is 2.09. The van der Waals surface area contributed by atoms with E-state index in [2.05, 4.69) is 5.32 Å². The number of sulfonamides is 1. The highest BCUT2D eigenvalue weighted by molar-refractivity contribution is 7.92. The molecule has 2 amide bonds. The number of nitrogens with zero attached hydrogens (tertiary/aromatic N) is 2. The predicted molar refractivity (Wildman–Crippen MR) is 164 cm³/mol. The van der Waals surface area contributed by atoms with E-state index in [4.69, 9.17) is 9.47 Å². The maximum absolute atomic E-state index is 14.2. The molecule has 0 aliphatic carbocycles. The van der Waals surface area contributed by atoms with Gasteiger partial charge in [-0.3, -0.25) is 13.9 Å². The number of methoxy groups -OCH3 is 2. The molecule has 1 atom stereocenters. The van der Waals surface area contributed by atoms with Crippen LogP contribution in [0, 0.1) is 6.92 Å². The van der Waals surface area contributed by atoms with Gasteiger partial charge in [0.2, 0.25) is 11.8 Å². The standard InChI is InChI=1S/C32H41N3O6S/c1-6-8-21-33-32(37)28(7-2)34(22-25-15-13-24(3)14-16-25)31(36)23-35(29-11-9-10-12-30(29)41-5)42(38,39)27-19-17-26(40-4)18-20-27/h9-20,28H,6-8,21-23H2,1-5H3,(H,33,37)/t28-/m0/s1. The van der Waals surface area contributed by atoms with Gasteiger partial charge in [-0.1, -0.05) is 62.2 Å². The van der Waals surface area contributed by atoms with E-state index in [1.54, 1.807) is 36.4 Å². The second-order valence-electron chi connectivity index (χ2n) is 9.93. The second kappa shape index (κ2) is 15.3. The minimum absolute atomic E-state index is 0.0172. The van der Waals surface area contributed by atoms with E-state index in [1.807, 2.05) is 45.0 Å². The van der Waals surface area contributed by atoms with E-state index < -0.39 is 28.5 Å². The third kappa shape index (κ3) is 8.03. The predicted octanol–water partition coefficient (Wildman–Crippen LogP) is 4.93. The van der Waals surface area contributed by atoms with Crippen LogP contribution < -0.4 is 19.1 Å². The van der Waals surface area contributed by atoms with E-state index in [0.29, 0.717) is 18.7 Å². The molecule has 9 nitrogen and oxygen atoms in total. The number of hydrogen-bond donors (Lipinski definition) is 1. The Morgan fingerprint density at radius 3 is 2.17 bits per heavy atom. The van der Waals surface area contributed by atoms with Gasteiger partial charge in [-0.15, -0.1) is 0 Å². The van der Waals surface area contributed by atoms with E-state index in [1.165, 1.54) is 31.3 Å². The molecule has 3 aromatic rings. The van der Waals surface area contributed by atoms with Crippen molar-refractivity contribution < 1.29 is 27.5 Å². The molecule has 0 bridgehead atoms. The van der Waals surface area contributed by atoms with Gasteiger partial charge in [0.1, 0.15) is 24.1 Å². The van der Waals surface area contributed by atoms with Crippen molar-refractivity contribution in [2.75, 3.05) is 31.6 Å². The topological polar surface area (TPSA) is 105 Å². The SMILES string of the molecule is CCCCNC(=O)[C@H](CC)N(Cc1ccc(C)cc1)C(=O)CN(c1ccccc1OC)S(=O)(=O)c1ccc(OC)cc1. The molecule has 0 spiro atoms. The zero-order valence-electron chi connectivity index (χ0n) is 25.0. The number of unbranched alkanes of at least 4 members (excludes halogenated alkanes) is 1. The molecule has 0 saturated carbocycles. The number of anilines is 1. The fraction of sp³-hybridized carbons (Fsp3) is 0.375. The molecule has 1 N–H and O–H groups in total. The van der Waals surface area contributed by atoms with Crippen molar-refractivity contribution in [3.63, 3.8) is 0 Å². The Morgan fingerprint density at radius 2 is 1.57 bits per heavy atom. The summed E-state index contributed by atoms with van der Waals surface area (Å²) in [5.41, 5.74) is 2.10. The summed E-state index contributed by atoms with van der Waals surface area (Å²) in [5, 5.41) is 2.94. The highest BCUT2D eigenvalue weighted by Crippen LogP contribution is 2.33. The van der Waals surface area contributed by atoms with Crippen LogP contribution in [0.5, 0.6) is 11.5 Å². The molecule has 3 rings (SSSR count). The Labute approximate surface area is 249 Å². The summed E-state index contributed by atoms with van der Waals surface area (Å²) in [5.74, 6) is -0.000778. The van der Waals surface area contributed by atoms with E-state index in [9.17, 15) is 18.0 Å². The van der Waals surface area contributed by atoms with Crippen LogP contribution in [0.25, 0.3) is 0 Å². The molecule has 0 fully saturated rings. The number of hydrogen-bond acceptors (Lipinski definition) is 6. The van der Waals surface area contributed by atoms with Crippen LogP contribution in [-0.2, 0) is 26.2 Å². The van der Waals surface area contributed by atoms with Crippen molar-refractivity contribution in [1.82, 2.24) is 10.2 Å². The van der Waals surface area contributed by atoms with Crippen molar-refractivity contribution in [3.05, 3.63) is 83.9 Å². The Kier molecular flexibility index (Phi) is 11.8. The molecule has 0 radical (unpaired) electrons. The third-order valence-electron chi connectivity index (χ3n) is 6.97. The quantitative estimate of drug-likeness (QED) is 0.250. The van der Waals surface area contributed by atoms with Gasteiger partial charge in [-0.2, -0.15) is 0 Å². The van der Waals surface area contributed by atoms with Crippen LogP contribution in [0.2, 0.25) is 0 Å². The van der Waals surface area contributed by atoms with Gasteiger partial charge in [0.25, 0.3) is 10.0 Å². The first-order chi connectivity index (χ1) is 20.2. The molecule has 0 aromatic heterocycles. The normalized spacial score (nSPS) is 11.8. The van der Waals surface area contributed by atoms with E-state index in [-0.39, 0.29) is 28.8 Å². The largest absolute Gasteiger partial charge is 0.497 e. The molecule has 42 heavy (non-hydrogen) atoms.